The van der Waals surface area contributed by atoms with E-state index < -0.39 is 0 Å². The van der Waals surface area contributed by atoms with Gasteiger partial charge in [0.1, 0.15) is 11.5 Å². The van der Waals surface area contributed by atoms with E-state index in [9.17, 15) is 10.2 Å². The van der Waals surface area contributed by atoms with Crippen molar-refractivity contribution in [3.05, 3.63) is 57.6 Å². The van der Waals surface area contributed by atoms with Gasteiger partial charge in [0.2, 0.25) is 0 Å². The molecule has 0 bridgehead atoms. The van der Waals surface area contributed by atoms with Gasteiger partial charge in [-0.25, -0.2) is 0 Å². The zero-order valence-corrected chi connectivity index (χ0v) is 28.1. The Labute approximate surface area is 250 Å². The van der Waals surface area contributed by atoms with Crippen molar-refractivity contribution in [3.63, 3.8) is 0 Å². The molecule has 4 nitrogen and oxygen atoms in total. The summed E-state index contributed by atoms with van der Waals surface area (Å²) in [6.45, 7) is 27.2. The first-order chi connectivity index (χ1) is 18.7. The van der Waals surface area contributed by atoms with Gasteiger partial charge in [-0.05, 0) is 87.1 Å². The summed E-state index contributed by atoms with van der Waals surface area (Å²) in [7, 11) is 0. The Morgan fingerprint density at radius 2 is 0.805 bits per heavy atom. The molecule has 2 unspecified atom stereocenters. The topological polar surface area (TPSA) is 58.9 Å². The summed E-state index contributed by atoms with van der Waals surface area (Å²) >= 11 is 0. The van der Waals surface area contributed by atoms with E-state index in [0.29, 0.717) is 24.7 Å². The predicted molar refractivity (Wildman–Crippen MR) is 172 cm³/mol. The molecule has 230 valence electrons. The molecule has 0 aromatic heterocycles. The molecular formula is C37H58O4. The molecule has 0 saturated heterocycles. The van der Waals surface area contributed by atoms with Gasteiger partial charge in [0.05, 0.1) is 25.4 Å². The maximum Gasteiger partial charge on any atom is 0.123 e. The molecule has 2 aromatic rings. The van der Waals surface area contributed by atoms with Crippen molar-refractivity contribution in [1.29, 1.82) is 0 Å². The first-order valence-corrected chi connectivity index (χ1v) is 15.6. The van der Waals surface area contributed by atoms with Crippen LogP contribution < -0.4 is 0 Å². The van der Waals surface area contributed by atoms with Gasteiger partial charge in [0.15, 0.2) is 0 Å². The maximum atomic E-state index is 11.0. The maximum absolute atomic E-state index is 11.0. The van der Waals surface area contributed by atoms with Crippen molar-refractivity contribution in [2.75, 3.05) is 13.2 Å². The first-order valence-electron chi connectivity index (χ1n) is 15.6. The molecule has 2 N–H and O–H groups in total. The number of aromatic hydroxyl groups is 2. The van der Waals surface area contributed by atoms with Gasteiger partial charge in [0.25, 0.3) is 0 Å². The van der Waals surface area contributed by atoms with Crippen LogP contribution >= 0.6 is 0 Å². The Morgan fingerprint density at radius 3 is 1.05 bits per heavy atom. The van der Waals surface area contributed by atoms with Crippen LogP contribution in [0, 0.1) is 0 Å². The van der Waals surface area contributed by atoms with Crippen LogP contribution in [0.5, 0.6) is 11.5 Å². The molecular weight excluding hydrogens is 508 g/mol. The monoisotopic (exact) mass is 566 g/mol. The minimum absolute atomic E-state index is 0.125. The second-order valence-corrected chi connectivity index (χ2v) is 16.4. The van der Waals surface area contributed by atoms with E-state index in [1.807, 2.05) is 0 Å². The van der Waals surface area contributed by atoms with E-state index >= 15 is 0 Å². The number of rotatable bonds is 8. The average Bonchev–Trinajstić information content (AvgIpc) is 3.25. The second kappa shape index (κ2) is 12.3. The number of phenols is 2. The van der Waals surface area contributed by atoms with Crippen molar-refractivity contribution in [2.24, 2.45) is 0 Å². The Hall–Kier alpha value is -2.04. The van der Waals surface area contributed by atoms with Crippen LogP contribution in [-0.4, -0.2) is 35.6 Å². The first kappa shape index (κ1) is 33.5. The van der Waals surface area contributed by atoms with Crippen LogP contribution in [0.1, 0.15) is 136 Å². The highest BCUT2D eigenvalue weighted by molar-refractivity contribution is 5.51. The molecule has 1 aliphatic rings. The summed E-state index contributed by atoms with van der Waals surface area (Å²) in [6.07, 6.45) is 5.13. The number of ether oxygens (including phenoxy) is 2. The Kier molecular flexibility index (Phi) is 10.0. The molecule has 2 atom stereocenters. The zero-order valence-electron chi connectivity index (χ0n) is 28.1. The number of hydrogen-bond acceptors (Lipinski definition) is 4. The third kappa shape index (κ3) is 8.74. The van der Waals surface area contributed by atoms with Gasteiger partial charge in [-0.2, -0.15) is 0 Å². The van der Waals surface area contributed by atoms with Gasteiger partial charge in [-0.3, -0.25) is 0 Å². The Bertz CT molecular complexity index is 1020. The quantitative estimate of drug-likeness (QED) is 0.335. The second-order valence-electron chi connectivity index (χ2n) is 16.4. The van der Waals surface area contributed by atoms with Crippen molar-refractivity contribution < 1.29 is 19.7 Å². The Balaban J connectivity index is 1.56. The standard InChI is InChI=1S/C37H58O4/c1-34(2,3)28-19-24(20-29(32(28)38)35(4,5)6)15-17-40-26-13-14-27(23-26)41-18-16-25-21-30(36(7,8)9)33(39)31(22-25)37(10,11)12/h19-22,26-27,38-39H,13-18,23H2,1-12H3. The van der Waals surface area contributed by atoms with Crippen LogP contribution in [0.4, 0.5) is 0 Å². The van der Waals surface area contributed by atoms with E-state index in [-0.39, 0.29) is 33.9 Å². The molecule has 1 saturated carbocycles. The minimum Gasteiger partial charge on any atom is -0.507 e. The molecule has 0 aliphatic heterocycles. The van der Waals surface area contributed by atoms with Gasteiger partial charge in [0, 0.05) is 0 Å². The Morgan fingerprint density at radius 1 is 0.537 bits per heavy atom. The van der Waals surface area contributed by atoms with E-state index in [4.69, 9.17) is 9.47 Å². The lowest BCUT2D eigenvalue weighted by atomic mass is 9.78. The summed E-state index contributed by atoms with van der Waals surface area (Å²) in [5, 5.41) is 22.0. The molecule has 4 heteroatoms. The van der Waals surface area contributed by atoms with Crippen LogP contribution in [-0.2, 0) is 44.0 Å². The largest absolute Gasteiger partial charge is 0.507 e. The fourth-order valence-corrected chi connectivity index (χ4v) is 5.85. The van der Waals surface area contributed by atoms with Crippen molar-refractivity contribution in [1.82, 2.24) is 0 Å². The summed E-state index contributed by atoms with van der Waals surface area (Å²) in [5.41, 5.74) is 5.97. The lowest BCUT2D eigenvalue weighted by molar-refractivity contribution is 0.0243. The average molecular weight is 567 g/mol. The van der Waals surface area contributed by atoms with Crippen molar-refractivity contribution >= 4 is 0 Å². The van der Waals surface area contributed by atoms with Gasteiger partial charge >= 0.3 is 0 Å². The third-order valence-corrected chi connectivity index (χ3v) is 8.40. The molecule has 41 heavy (non-hydrogen) atoms. The SMILES string of the molecule is CC(C)(C)c1cc(CCOC2CCC(OCCc3cc(C(C)(C)C)c(O)c(C(C)(C)C)c3)C2)cc(C(C)(C)C)c1O. The molecule has 0 spiro atoms. The molecule has 0 radical (unpaired) electrons. The lowest BCUT2D eigenvalue weighted by Gasteiger charge is -2.28. The lowest BCUT2D eigenvalue weighted by Crippen LogP contribution is -2.19. The van der Waals surface area contributed by atoms with Gasteiger partial charge < -0.3 is 19.7 Å². The van der Waals surface area contributed by atoms with Gasteiger partial charge in [-0.15, -0.1) is 0 Å². The summed E-state index contributed by atoms with van der Waals surface area (Å²) < 4.78 is 12.7. The van der Waals surface area contributed by atoms with Crippen LogP contribution in [0.2, 0.25) is 0 Å². The summed E-state index contributed by atoms with van der Waals surface area (Å²) in [4.78, 5) is 0. The number of phenolic OH excluding ortho intramolecular Hbond substituents is 2. The normalized spacial score (nSPS) is 18.7. The third-order valence-electron chi connectivity index (χ3n) is 8.40. The molecule has 1 fully saturated rings. The van der Waals surface area contributed by atoms with Crippen LogP contribution in [0.25, 0.3) is 0 Å². The highest BCUT2D eigenvalue weighted by Crippen LogP contribution is 2.41. The van der Waals surface area contributed by atoms with Crippen LogP contribution in [0.3, 0.4) is 0 Å². The van der Waals surface area contributed by atoms with E-state index in [1.165, 1.54) is 11.1 Å². The van der Waals surface area contributed by atoms with E-state index in [2.05, 4.69) is 107 Å². The molecule has 2 aromatic carbocycles. The molecule has 1 aliphatic carbocycles. The molecule has 0 heterocycles. The fraction of sp³-hybridized carbons (Fsp3) is 0.676. The highest BCUT2D eigenvalue weighted by Gasteiger charge is 2.29. The smallest absolute Gasteiger partial charge is 0.123 e. The highest BCUT2D eigenvalue weighted by atomic mass is 16.5. The fourth-order valence-electron chi connectivity index (χ4n) is 5.85. The van der Waals surface area contributed by atoms with Crippen LogP contribution in [0.15, 0.2) is 24.3 Å². The number of hydrogen-bond donors (Lipinski definition) is 2. The van der Waals surface area contributed by atoms with E-state index in [0.717, 1.165) is 54.4 Å². The molecule has 3 rings (SSSR count). The van der Waals surface area contributed by atoms with E-state index in [1.54, 1.807) is 0 Å². The minimum atomic E-state index is -0.125. The van der Waals surface area contributed by atoms with Crippen molar-refractivity contribution in [3.8, 4) is 11.5 Å². The molecule has 0 amide bonds. The summed E-state index contributed by atoms with van der Waals surface area (Å²) in [6, 6.07) is 8.64. The zero-order chi connectivity index (χ0) is 31.0. The van der Waals surface area contributed by atoms with Gasteiger partial charge in [-0.1, -0.05) is 107 Å². The number of benzene rings is 2. The predicted octanol–water partition coefficient (Wildman–Crippen LogP) is 9.03. The van der Waals surface area contributed by atoms with Crippen molar-refractivity contribution in [2.45, 2.75) is 149 Å². The summed E-state index contributed by atoms with van der Waals surface area (Å²) in [5.74, 6) is 0.865.